The summed E-state index contributed by atoms with van der Waals surface area (Å²) in [4.78, 5) is 12.6. The molecule has 1 rings (SSSR count). The number of nitrogen functional groups attached to an aromatic ring is 1. The Balaban J connectivity index is 2.49. The maximum absolute atomic E-state index is 11.7. The second-order valence-electron chi connectivity index (χ2n) is 4.05. The van der Waals surface area contributed by atoms with E-state index in [4.69, 9.17) is 17.3 Å². The van der Waals surface area contributed by atoms with Crippen molar-refractivity contribution in [3.8, 4) is 0 Å². The number of carbonyl (C=O) groups is 1. The molecule has 0 heterocycles. The molecule has 5 heteroatoms. The molecule has 0 aliphatic carbocycles. The maximum atomic E-state index is 11.7. The van der Waals surface area contributed by atoms with E-state index in [0.717, 1.165) is 17.7 Å². The lowest BCUT2D eigenvalue weighted by molar-refractivity contribution is -0.119. The zero-order chi connectivity index (χ0) is 13.5. The SMILES string of the molecule is CCC(CC)NC(=O)CSc1cc(Cl)ccc1N. The normalized spacial score (nSPS) is 10.7. The topological polar surface area (TPSA) is 55.1 Å². The fourth-order valence-electron chi connectivity index (χ4n) is 1.54. The molecular formula is C13H19ClN2OS. The molecule has 100 valence electrons. The Kier molecular flexibility index (Phi) is 6.36. The minimum atomic E-state index is 0.0353. The van der Waals surface area contributed by atoms with Gasteiger partial charge in [-0.3, -0.25) is 4.79 Å². The highest BCUT2D eigenvalue weighted by atomic mass is 35.5. The third-order valence-corrected chi connectivity index (χ3v) is 3.99. The van der Waals surface area contributed by atoms with Crippen molar-refractivity contribution in [2.45, 2.75) is 37.6 Å². The van der Waals surface area contributed by atoms with E-state index in [1.54, 1.807) is 18.2 Å². The van der Waals surface area contributed by atoms with Gasteiger partial charge in [-0.15, -0.1) is 11.8 Å². The number of thioether (sulfide) groups is 1. The Morgan fingerprint density at radius 3 is 2.72 bits per heavy atom. The Morgan fingerprint density at radius 1 is 1.44 bits per heavy atom. The molecule has 0 fully saturated rings. The van der Waals surface area contributed by atoms with Gasteiger partial charge in [-0.05, 0) is 31.0 Å². The third-order valence-electron chi connectivity index (χ3n) is 2.69. The highest BCUT2D eigenvalue weighted by molar-refractivity contribution is 8.00. The van der Waals surface area contributed by atoms with Crippen LogP contribution in [-0.4, -0.2) is 17.7 Å². The minimum absolute atomic E-state index is 0.0353. The Hall–Kier alpha value is -0.870. The molecule has 0 aromatic heterocycles. The molecule has 1 amide bonds. The molecule has 0 aliphatic rings. The lowest BCUT2D eigenvalue weighted by Gasteiger charge is -2.14. The maximum Gasteiger partial charge on any atom is 0.230 e. The van der Waals surface area contributed by atoms with Crippen molar-refractivity contribution in [1.29, 1.82) is 0 Å². The van der Waals surface area contributed by atoms with Crippen molar-refractivity contribution in [2.75, 3.05) is 11.5 Å². The second-order valence-corrected chi connectivity index (χ2v) is 5.51. The van der Waals surface area contributed by atoms with Crippen LogP contribution in [0.4, 0.5) is 5.69 Å². The van der Waals surface area contributed by atoms with Gasteiger partial charge in [0.25, 0.3) is 0 Å². The molecular weight excluding hydrogens is 268 g/mol. The standard InChI is InChI=1S/C13H19ClN2OS/c1-3-10(4-2)16-13(17)8-18-12-7-9(14)5-6-11(12)15/h5-7,10H,3-4,8,15H2,1-2H3,(H,16,17). The van der Waals surface area contributed by atoms with Crippen LogP contribution in [0.25, 0.3) is 0 Å². The summed E-state index contributed by atoms with van der Waals surface area (Å²) in [6.45, 7) is 4.13. The Labute approximate surface area is 117 Å². The zero-order valence-electron chi connectivity index (χ0n) is 10.7. The first-order valence-electron chi connectivity index (χ1n) is 6.04. The number of nitrogens with two attached hydrogens (primary N) is 1. The summed E-state index contributed by atoms with van der Waals surface area (Å²) >= 11 is 7.30. The molecule has 0 unspecified atom stereocenters. The van der Waals surface area contributed by atoms with Gasteiger partial charge in [-0.2, -0.15) is 0 Å². The number of halogens is 1. The second kappa shape index (κ2) is 7.54. The van der Waals surface area contributed by atoms with Crippen LogP contribution < -0.4 is 11.1 Å². The first-order valence-corrected chi connectivity index (χ1v) is 7.40. The fourth-order valence-corrected chi connectivity index (χ4v) is 2.59. The van der Waals surface area contributed by atoms with Gasteiger partial charge in [-0.25, -0.2) is 0 Å². The van der Waals surface area contributed by atoms with Crippen LogP contribution in [-0.2, 0) is 4.79 Å². The summed E-state index contributed by atoms with van der Waals surface area (Å²) in [6.07, 6.45) is 1.90. The number of hydrogen-bond acceptors (Lipinski definition) is 3. The summed E-state index contributed by atoms with van der Waals surface area (Å²) in [7, 11) is 0. The largest absolute Gasteiger partial charge is 0.398 e. The van der Waals surface area contributed by atoms with Gasteiger partial charge < -0.3 is 11.1 Å². The van der Waals surface area contributed by atoms with Crippen molar-refractivity contribution in [3.63, 3.8) is 0 Å². The molecule has 3 nitrogen and oxygen atoms in total. The van der Waals surface area contributed by atoms with Gasteiger partial charge in [0.2, 0.25) is 5.91 Å². The van der Waals surface area contributed by atoms with Crippen LogP contribution >= 0.6 is 23.4 Å². The van der Waals surface area contributed by atoms with E-state index in [-0.39, 0.29) is 11.9 Å². The molecule has 0 saturated carbocycles. The molecule has 0 saturated heterocycles. The monoisotopic (exact) mass is 286 g/mol. The zero-order valence-corrected chi connectivity index (χ0v) is 12.3. The van der Waals surface area contributed by atoms with Crippen LogP contribution in [0, 0.1) is 0 Å². The van der Waals surface area contributed by atoms with Crippen molar-refractivity contribution in [1.82, 2.24) is 5.32 Å². The quantitative estimate of drug-likeness (QED) is 0.623. The number of rotatable bonds is 6. The van der Waals surface area contributed by atoms with Gasteiger partial charge in [0.1, 0.15) is 0 Å². The van der Waals surface area contributed by atoms with Crippen molar-refractivity contribution in [3.05, 3.63) is 23.2 Å². The number of carbonyl (C=O) groups excluding carboxylic acids is 1. The Morgan fingerprint density at radius 2 is 2.11 bits per heavy atom. The summed E-state index contributed by atoms with van der Waals surface area (Å²) in [5, 5.41) is 3.62. The summed E-state index contributed by atoms with van der Waals surface area (Å²) < 4.78 is 0. The van der Waals surface area contributed by atoms with Gasteiger partial charge in [0, 0.05) is 21.6 Å². The highest BCUT2D eigenvalue weighted by Crippen LogP contribution is 2.27. The van der Waals surface area contributed by atoms with Crippen LogP contribution in [0.5, 0.6) is 0 Å². The van der Waals surface area contributed by atoms with E-state index in [2.05, 4.69) is 19.2 Å². The van der Waals surface area contributed by atoms with E-state index < -0.39 is 0 Å². The van der Waals surface area contributed by atoms with Crippen LogP contribution in [0.3, 0.4) is 0 Å². The van der Waals surface area contributed by atoms with E-state index in [0.29, 0.717) is 16.5 Å². The first-order chi connectivity index (χ1) is 8.56. The lowest BCUT2D eigenvalue weighted by Crippen LogP contribution is -2.35. The van der Waals surface area contributed by atoms with Gasteiger partial charge in [-0.1, -0.05) is 25.4 Å². The average Bonchev–Trinajstić information content (AvgIpc) is 2.37. The number of hydrogen-bond donors (Lipinski definition) is 2. The van der Waals surface area contributed by atoms with Crippen molar-refractivity contribution in [2.24, 2.45) is 0 Å². The van der Waals surface area contributed by atoms with E-state index in [1.165, 1.54) is 11.8 Å². The van der Waals surface area contributed by atoms with E-state index >= 15 is 0 Å². The summed E-state index contributed by atoms with van der Waals surface area (Å²) in [5.74, 6) is 0.397. The summed E-state index contributed by atoms with van der Waals surface area (Å²) in [5.41, 5.74) is 6.47. The molecule has 18 heavy (non-hydrogen) atoms. The first kappa shape index (κ1) is 15.2. The molecule has 0 spiro atoms. The molecule has 1 aromatic carbocycles. The van der Waals surface area contributed by atoms with Gasteiger partial charge >= 0.3 is 0 Å². The predicted octanol–water partition coefficient (Wildman–Crippen LogP) is 3.32. The molecule has 1 aromatic rings. The van der Waals surface area contributed by atoms with Crippen LogP contribution in [0.2, 0.25) is 5.02 Å². The van der Waals surface area contributed by atoms with Crippen molar-refractivity contribution < 1.29 is 4.79 Å². The number of amides is 1. The Bertz CT molecular complexity index is 408. The molecule has 0 atom stereocenters. The molecule has 0 bridgehead atoms. The van der Waals surface area contributed by atoms with E-state index in [9.17, 15) is 4.79 Å². The highest BCUT2D eigenvalue weighted by Gasteiger charge is 2.09. The third kappa shape index (κ3) is 4.78. The number of nitrogens with one attached hydrogen (secondary N) is 1. The average molecular weight is 287 g/mol. The van der Waals surface area contributed by atoms with Crippen molar-refractivity contribution >= 4 is 35.0 Å². The lowest BCUT2D eigenvalue weighted by atomic mass is 10.2. The fraction of sp³-hybridized carbons (Fsp3) is 0.462. The van der Waals surface area contributed by atoms with Gasteiger partial charge in [0.05, 0.1) is 5.75 Å². The number of benzene rings is 1. The molecule has 0 aliphatic heterocycles. The number of anilines is 1. The minimum Gasteiger partial charge on any atom is -0.398 e. The summed E-state index contributed by atoms with van der Waals surface area (Å²) in [6, 6.07) is 5.54. The molecule has 0 radical (unpaired) electrons. The molecule has 3 N–H and O–H groups in total. The predicted molar refractivity (Wildman–Crippen MR) is 79.1 cm³/mol. The smallest absolute Gasteiger partial charge is 0.230 e. The van der Waals surface area contributed by atoms with E-state index in [1.807, 2.05) is 0 Å². The van der Waals surface area contributed by atoms with Crippen LogP contribution in [0.1, 0.15) is 26.7 Å². The van der Waals surface area contributed by atoms with Gasteiger partial charge in [0.15, 0.2) is 0 Å². The van der Waals surface area contributed by atoms with Crippen LogP contribution in [0.15, 0.2) is 23.1 Å².